The first-order valence-corrected chi connectivity index (χ1v) is 7.66. The van der Waals surface area contributed by atoms with Crippen LogP contribution >= 0.6 is 23.2 Å². The van der Waals surface area contributed by atoms with Gasteiger partial charge in [-0.25, -0.2) is 0 Å². The second-order valence-electron chi connectivity index (χ2n) is 5.09. The van der Waals surface area contributed by atoms with Crippen molar-refractivity contribution in [3.05, 3.63) is 63.6 Å². The van der Waals surface area contributed by atoms with Crippen LogP contribution in [-0.4, -0.2) is 13.2 Å². The number of hydrogen-bond donors (Lipinski definition) is 1. The van der Waals surface area contributed by atoms with Crippen molar-refractivity contribution in [2.24, 2.45) is 5.73 Å². The first kappa shape index (κ1) is 16.2. The minimum Gasteiger partial charge on any atom is -0.497 e. The first-order valence-electron chi connectivity index (χ1n) is 6.91. The Morgan fingerprint density at radius 1 is 1.10 bits per heavy atom. The van der Waals surface area contributed by atoms with E-state index in [0.29, 0.717) is 5.02 Å². The Kier molecular flexibility index (Phi) is 5.92. The lowest BCUT2D eigenvalue weighted by molar-refractivity contribution is 0.414. The largest absolute Gasteiger partial charge is 0.497 e. The van der Waals surface area contributed by atoms with Gasteiger partial charge in [-0.05, 0) is 60.7 Å². The van der Waals surface area contributed by atoms with Gasteiger partial charge in [-0.15, -0.1) is 0 Å². The summed E-state index contributed by atoms with van der Waals surface area (Å²) in [6.07, 6.45) is 2.56. The molecule has 1 atom stereocenters. The van der Waals surface area contributed by atoms with Gasteiger partial charge in [0.2, 0.25) is 0 Å². The summed E-state index contributed by atoms with van der Waals surface area (Å²) in [7, 11) is 1.67. The summed E-state index contributed by atoms with van der Waals surface area (Å²) < 4.78 is 5.15. The number of rotatable bonds is 6. The molecule has 0 bridgehead atoms. The summed E-state index contributed by atoms with van der Waals surface area (Å²) in [5.41, 5.74) is 8.46. The third-order valence-electron chi connectivity index (χ3n) is 3.45. The van der Waals surface area contributed by atoms with Gasteiger partial charge < -0.3 is 10.5 Å². The van der Waals surface area contributed by atoms with Crippen molar-refractivity contribution in [1.82, 2.24) is 0 Å². The van der Waals surface area contributed by atoms with Crippen molar-refractivity contribution in [3.8, 4) is 5.75 Å². The number of benzene rings is 2. The molecule has 0 aliphatic heterocycles. The van der Waals surface area contributed by atoms with Crippen LogP contribution < -0.4 is 10.5 Å². The number of ether oxygens (including phenoxy) is 1. The molecule has 21 heavy (non-hydrogen) atoms. The van der Waals surface area contributed by atoms with Crippen LogP contribution in [-0.2, 0) is 12.8 Å². The van der Waals surface area contributed by atoms with Gasteiger partial charge >= 0.3 is 0 Å². The molecule has 2 aromatic carbocycles. The molecule has 0 aromatic heterocycles. The fraction of sp³-hybridized carbons (Fsp3) is 0.294. The molecular weight excluding hydrogens is 305 g/mol. The predicted octanol–water partition coefficient (Wildman–Crippen LogP) is 4.50. The lowest BCUT2D eigenvalue weighted by Gasteiger charge is -2.13. The third kappa shape index (κ3) is 4.92. The van der Waals surface area contributed by atoms with Crippen molar-refractivity contribution in [1.29, 1.82) is 0 Å². The highest BCUT2D eigenvalue weighted by atomic mass is 35.5. The standard InChI is InChI=1S/C17H19Cl2NO/c1-21-16-7-3-12(4-8-16)2-6-15(20)11-13-10-14(18)5-9-17(13)19/h3-5,7-10,15H,2,6,11,20H2,1H3. The molecular formula is C17H19Cl2NO. The maximum atomic E-state index is 6.20. The number of halogens is 2. The normalized spacial score (nSPS) is 12.2. The van der Waals surface area contributed by atoms with Gasteiger partial charge in [0.1, 0.15) is 5.75 Å². The van der Waals surface area contributed by atoms with E-state index in [0.717, 1.165) is 35.6 Å². The first-order chi connectivity index (χ1) is 10.1. The molecule has 0 saturated carbocycles. The summed E-state index contributed by atoms with van der Waals surface area (Å²) >= 11 is 12.2. The molecule has 2 aromatic rings. The Morgan fingerprint density at radius 2 is 1.81 bits per heavy atom. The van der Waals surface area contributed by atoms with Gasteiger partial charge in [0.15, 0.2) is 0 Å². The molecule has 0 amide bonds. The smallest absolute Gasteiger partial charge is 0.118 e. The minimum atomic E-state index is 0.0584. The fourth-order valence-corrected chi connectivity index (χ4v) is 2.62. The van der Waals surface area contributed by atoms with E-state index in [-0.39, 0.29) is 6.04 Å². The van der Waals surface area contributed by atoms with E-state index in [9.17, 15) is 0 Å². The zero-order chi connectivity index (χ0) is 15.2. The van der Waals surface area contributed by atoms with Gasteiger partial charge in [-0.3, -0.25) is 0 Å². The number of aryl methyl sites for hydroxylation is 1. The Bertz CT molecular complexity index is 584. The number of methoxy groups -OCH3 is 1. The number of nitrogens with two attached hydrogens (primary N) is 1. The van der Waals surface area contributed by atoms with E-state index in [1.807, 2.05) is 24.3 Å². The Labute approximate surface area is 135 Å². The van der Waals surface area contributed by atoms with Crippen LogP contribution in [0.25, 0.3) is 0 Å². The highest BCUT2D eigenvalue weighted by molar-refractivity contribution is 6.33. The minimum absolute atomic E-state index is 0.0584. The fourth-order valence-electron chi connectivity index (χ4n) is 2.23. The van der Waals surface area contributed by atoms with Gasteiger partial charge in [0, 0.05) is 16.1 Å². The van der Waals surface area contributed by atoms with E-state index < -0.39 is 0 Å². The average Bonchev–Trinajstić information content (AvgIpc) is 2.49. The highest BCUT2D eigenvalue weighted by Crippen LogP contribution is 2.22. The molecule has 0 fully saturated rings. The Balaban J connectivity index is 1.89. The molecule has 2 N–H and O–H groups in total. The summed E-state index contributed by atoms with van der Waals surface area (Å²) in [6.45, 7) is 0. The van der Waals surface area contributed by atoms with Crippen LogP contribution in [0.1, 0.15) is 17.5 Å². The molecule has 0 heterocycles. The van der Waals surface area contributed by atoms with E-state index >= 15 is 0 Å². The van der Waals surface area contributed by atoms with Crippen LogP contribution in [0.4, 0.5) is 0 Å². The lowest BCUT2D eigenvalue weighted by atomic mass is 10.00. The van der Waals surface area contributed by atoms with Crippen molar-refractivity contribution in [2.45, 2.75) is 25.3 Å². The SMILES string of the molecule is COc1ccc(CCC(N)Cc2cc(Cl)ccc2Cl)cc1. The quantitative estimate of drug-likeness (QED) is 0.849. The molecule has 0 radical (unpaired) electrons. The summed E-state index contributed by atoms with van der Waals surface area (Å²) in [5, 5.41) is 1.41. The summed E-state index contributed by atoms with van der Waals surface area (Å²) in [4.78, 5) is 0. The predicted molar refractivity (Wildman–Crippen MR) is 89.5 cm³/mol. The third-order valence-corrected chi connectivity index (χ3v) is 4.06. The molecule has 0 spiro atoms. The van der Waals surface area contributed by atoms with Crippen LogP contribution in [0.15, 0.2) is 42.5 Å². The summed E-state index contributed by atoms with van der Waals surface area (Å²) in [5.74, 6) is 0.869. The zero-order valence-corrected chi connectivity index (χ0v) is 13.5. The molecule has 0 aliphatic carbocycles. The van der Waals surface area contributed by atoms with Crippen LogP contribution in [0.2, 0.25) is 10.0 Å². The summed E-state index contributed by atoms with van der Waals surface area (Å²) in [6, 6.07) is 13.6. The van der Waals surface area contributed by atoms with Crippen molar-refractivity contribution >= 4 is 23.2 Å². The van der Waals surface area contributed by atoms with Crippen molar-refractivity contribution in [2.75, 3.05) is 7.11 Å². The van der Waals surface area contributed by atoms with E-state index in [1.54, 1.807) is 13.2 Å². The molecule has 1 unspecified atom stereocenters. The highest BCUT2D eigenvalue weighted by Gasteiger charge is 2.08. The van der Waals surface area contributed by atoms with E-state index in [1.165, 1.54) is 5.56 Å². The number of hydrogen-bond acceptors (Lipinski definition) is 2. The van der Waals surface area contributed by atoms with E-state index in [2.05, 4.69) is 12.1 Å². The van der Waals surface area contributed by atoms with Crippen LogP contribution in [0, 0.1) is 0 Å². The monoisotopic (exact) mass is 323 g/mol. The van der Waals surface area contributed by atoms with Gasteiger partial charge in [0.05, 0.1) is 7.11 Å². The van der Waals surface area contributed by atoms with E-state index in [4.69, 9.17) is 33.7 Å². The Hall–Kier alpha value is -1.22. The van der Waals surface area contributed by atoms with Crippen LogP contribution in [0.3, 0.4) is 0 Å². The average molecular weight is 324 g/mol. The van der Waals surface area contributed by atoms with Gasteiger partial charge in [-0.1, -0.05) is 35.3 Å². The maximum absolute atomic E-state index is 6.20. The zero-order valence-electron chi connectivity index (χ0n) is 12.0. The van der Waals surface area contributed by atoms with Crippen LogP contribution in [0.5, 0.6) is 5.75 Å². The van der Waals surface area contributed by atoms with Crippen molar-refractivity contribution < 1.29 is 4.74 Å². The topological polar surface area (TPSA) is 35.2 Å². The maximum Gasteiger partial charge on any atom is 0.118 e. The lowest BCUT2D eigenvalue weighted by Crippen LogP contribution is -2.23. The molecule has 2 rings (SSSR count). The van der Waals surface area contributed by atoms with Gasteiger partial charge in [0.25, 0.3) is 0 Å². The molecule has 112 valence electrons. The molecule has 4 heteroatoms. The molecule has 0 saturated heterocycles. The molecule has 2 nitrogen and oxygen atoms in total. The molecule has 0 aliphatic rings. The second kappa shape index (κ2) is 7.69. The van der Waals surface area contributed by atoms with Gasteiger partial charge in [-0.2, -0.15) is 0 Å². The second-order valence-corrected chi connectivity index (χ2v) is 5.93. The Morgan fingerprint density at radius 3 is 2.48 bits per heavy atom. The van der Waals surface area contributed by atoms with Crippen molar-refractivity contribution in [3.63, 3.8) is 0 Å².